The van der Waals surface area contributed by atoms with Crippen LogP contribution in [0.1, 0.15) is 31.1 Å². The van der Waals surface area contributed by atoms with Gasteiger partial charge in [-0.05, 0) is 12.1 Å². The molecule has 0 bridgehead atoms. The van der Waals surface area contributed by atoms with Crippen LogP contribution in [0.4, 0.5) is 0 Å². The minimum absolute atomic E-state index is 0.139. The van der Waals surface area contributed by atoms with E-state index in [1.54, 1.807) is 18.2 Å². The van der Waals surface area contributed by atoms with Gasteiger partial charge in [-0.15, -0.1) is 0 Å². The van der Waals surface area contributed by atoms with E-state index in [0.29, 0.717) is 5.01 Å². The molecule has 1 aliphatic heterocycles. The molecular formula is C15H6Cl4N2O3. The van der Waals surface area contributed by atoms with Crippen molar-refractivity contribution in [1.82, 2.24) is 10.4 Å². The van der Waals surface area contributed by atoms with Gasteiger partial charge in [0.2, 0.25) is 0 Å². The molecule has 0 aliphatic carbocycles. The summed E-state index contributed by atoms with van der Waals surface area (Å²) in [5.74, 6) is -2.33. The van der Waals surface area contributed by atoms with E-state index in [2.05, 4.69) is 5.43 Å². The van der Waals surface area contributed by atoms with Crippen molar-refractivity contribution in [2.75, 3.05) is 0 Å². The van der Waals surface area contributed by atoms with Gasteiger partial charge in [0.1, 0.15) is 0 Å². The first kappa shape index (κ1) is 17.0. The van der Waals surface area contributed by atoms with Crippen LogP contribution in [0.15, 0.2) is 30.3 Å². The highest BCUT2D eigenvalue weighted by Crippen LogP contribution is 2.44. The number of halogens is 4. The van der Waals surface area contributed by atoms with Crippen LogP contribution in [0.25, 0.3) is 0 Å². The number of hydrazine groups is 1. The van der Waals surface area contributed by atoms with E-state index in [1.165, 1.54) is 12.1 Å². The molecule has 0 fully saturated rings. The Labute approximate surface area is 156 Å². The van der Waals surface area contributed by atoms with E-state index >= 15 is 0 Å². The third-order valence-corrected chi connectivity index (χ3v) is 5.15. The number of nitrogens with one attached hydrogen (secondary N) is 1. The summed E-state index contributed by atoms with van der Waals surface area (Å²) in [5.41, 5.74) is 2.09. The Hall–Kier alpha value is -1.79. The molecule has 24 heavy (non-hydrogen) atoms. The molecule has 1 aliphatic rings. The maximum atomic E-state index is 12.5. The van der Waals surface area contributed by atoms with Gasteiger partial charge in [0.25, 0.3) is 17.7 Å². The van der Waals surface area contributed by atoms with Gasteiger partial charge in [-0.3, -0.25) is 19.8 Å². The summed E-state index contributed by atoms with van der Waals surface area (Å²) in [5, 5.41) is -0.143. The van der Waals surface area contributed by atoms with Crippen molar-refractivity contribution in [3.63, 3.8) is 0 Å². The van der Waals surface area contributed by atoms with Crippen molar-refractivity contribution < 1.29 is 14.4 Å². The Morgan fingerprint density at radius 2 is 1.25 bits per heavy atom. The van der Waals surface area contributed by atoms with Crippen molar-refractivity contribution in [2.45, 2.75) is 0 Å². The lowest BCUT2D eigenvalue weighted by Gasteiger charge is -2.14. The molecule has 1 heterocycles. The minimum Gasteiger partial charge on any atom is -0.267 e. The van der Waals surface area contributed by atoms with Crippen LogP contribution in [-0.4, -0.2) is 22.7 Å². The normalized spacial score (nSPS) is 13.2. The second-order valence-corrected chi connectivity index (χ2v) is 6.27. The third kappa shape index (κ3) is 2.54. The van der Waals surface area contributed by atoms with Gasteiger partial charge in [-0.2, -0.15) is 5.01 Å². The Morgan fingerprint density at radius 1 is 0.792 bits per heavy atom. The van der Waals surface area contributed by atoms with Crippen molar-refractivity contribution >= 4 is 64.1 Å². The second kappa shape index (κ2) is 6.26. The minimum atomic E-state index is -0.843. The summed E-state index contributed by atoms with van der Waals surface area (Å²) < 4.78 is 0. The van der Waals surface area contributed by atoms with E-state index in [1.807, 2.05) is 0 Å². The molecule has 3 rings (SSSR count). The number of hydrogen-bond donors (Lipinski definition) is 1. The molecule has 0 unspecified atom stereocenters. The molecule has 0 spiro atoms. The summed E-state index contributed by atoms with van der Waals surface area (Å²) in [7, 11) is 0. The first-order valence-corrected chi connectivity index (χ1v) is 7.96. The van der Waals surface area contributed by atoms with Crippen LogP contribution >= 0.6 is 46.4 Å². The number of carbonyl (C=O) groups is 3. The Bertz CT molecular complexity index is 853. The van der Waals surface area contributed by atoms with Gasteiger partial charge in [-0.25, -0.2) is 0 Å². The van der Waals surface area contributed by atoms with Gasteiger partial charge in [0, 0.05) is 5.56 Å². The van der Waals surface area contributed by atoms with E-state index in [0.717, 1.165) is 0 Å². The van der Waals surface area contributed by atoms with E-state index in [-0.39, 0.29) is 36.8 Å². The quantitative estimate of drug-likeness (QED) is 0.463. The standard InChI is InChI=1S/C15H6Cl4N2O3/c16-9-7-8(10(17)12(19)11(9)18)15(24)21(14(7)23)20-13(22)6-4-2-1-3-5-6/h1-5H,(H,20,22). The largest absolute Gasteiger partial charge is 0.282 e. The highest BCUT2D eigenvalue weighted by Gasteiger charge is 2.42. The number of carbonyl (C=O) groups excluding carboxylic acids is 3. The SMILES string of the molecule is O=C(NN1C(=O)c2c(Cl)c(Cl)c(Cl)c(Cl)c2C1=O)c1ccccc1. The number of imide groups is 1. The number of rotatable bonds is 2. The highest BCUT2D eigenvalue weighted by molar-refractivity contribution is 6.55. The molecule has 2 aromatic rings. The zero-order chi connectivity index (χ0) is 17.6. The van der Waals surface area contributed by atoms with Crippen LogP contribution in [0.3, 0.4) is 0 Å². The zero-order valence-electron chi connectivity index (χ0n) is 11.6. The molecule has 0 saturated heterocycles. The van der Waals surface area contributed by atoms with E-state index in [4.69, 9.17) is 46.4 Å². The molecule has 0 aromatic heterocycles. The lowest BCUT2D eigenvalue weighted by Crippen LogP contribution is -2.45. The number of amides is 3. The predicted molar refractivity (Wildman–Crippen MR) is 90.9 cm³/mol. The molecule has 122 valence electrons. The molecule has 9 heteroatoms. The van der Waals surface area contributed by atoms with Crippen LogP contribution in [-0.2, 0) is 0 Å². The smallest absolute Gasteiger partial charge is 0.267 e. The Kier molecular flexibility index (Phi) is 4.44. The fourth-order valence-corrected chi connectivity index (χ4v) is 3.22. The summed E-state index contributed by atoms with van der Waals surface area (Å²) in [4.78, 5) is 37.1. The maximum absolute atomic E-state index is 12.5. The number of nitrogens with zero attached hydrogens (tertiary/aromatic N) is 1. The first-order valence-electron chi connectivity index (χ1n) is 6.45. The number of hydrogen-bond acceptors (Lipinski definition) is 3. The lowest BCUT2D eigenvalue weighted by atomic mass is 10.1. The summed E-state index contributed by atoms with van der Waals surface area (Å²) in [6.45, 7) is 0. The Balaban J connectivity index is 2.01. The number of benzene rings is 2. The predicted octanol–water partition coefficient (Wildman–Crippen LogP) is 4.24. The number of fused-ring (bicyclic) bond motifs is 1. The van der Waals surface area contributed by atoms with Gasteiger partial charge in [0.05, 0.1) is 31.2 Å². The van der Waals surface area contributed by atoms with Gasteiger partial charge in [0.15, 0.2) is 0 Å². The topological polar surface area (TPSA) is 66.5 Å². The second-order valence-electron chi connectivity index (χ2n) is 4.76. The Morgan fingerprint density at radius 3 is 1.71 bits per heavy atom. The van der Waals surface area contributed by atoms with Crippen LogP contribution in [0.5, 0.6) is 0 Å². The van der Waals surface area contributed by atoms with E-state index in [9.17, 15) is 14.4 Å². The zero-order valence-corrected chi connectivity index (χ0v) is 14.6. The fourth-order valence-electron chi connectivity index (χ4n) is 2.21. The van der Waals surface area contributed by atoms with Crippen molar-refractivity contribution in [1.29, 1.82) is 0 Å². The fraction of sp³-hybridized carbons (Fsp3) is 0. The van der Waals surface area contributed by atoms with Crippen molar-refractivity contribution in [3.05, 3.63) is 67.1 Å². The molecule has 2 aromatic carbocycles. The molecule has 0 radical (unpaired) electrons. The molecule has 0 saturated carbocycles. The maximum Gasteiger partial charge on any atom is 0.282 e. The summed E-state index contributed by atoms with van der Waals surface area (Å²) in [6, 6.07) is 8.07. The van der Waals surface area contributed by atoms with Gasteiger partial charge in [-0.1, -0.05) is 64.6 Å². The third-order valence-electron chi connectivity index (χ3n) is 3.35. The van der Waals surface area contributed by atoms with Crippen molar-refractivity contribution in [3.8, 4) is 0 Å². The van der Waals surface area contributed by atoms with Crippen molar-refractivity contribution in [2.24, 2.45) is 0 Å². The average molecular weight is 404 g/mol. The monoisotopic (exact) mass is 402 g/mol. The van der Waals surface area contributed by atoms with Crippen LogP contribution < -0.4 is 5.43 Å². The summed E-state index contributed by atoms with van der Waals surface area (Å²) in [6.07, 6.45) is 0. The molecule has 5 nitrogen and oxygen atoms in total. The molecule has 1 N–H and O–H groups in total. The molecule has 3 amide bonds. The van der Waals surface area contributed by atoms with Crippen LogP contribution in [0.2, 0.25) is 20.1 Å². The van der Waals surface area contributed by atoms with E-state index < -0.39 is 17.7 Å². The van der Waals surface area contributed by atoms with Gasteiger partial charge < -0.3 is 0 Å². The molecular weight excluding hydrogens is 398 g/mol. The molecule has 0 atom stereocenters. The van der Waals surface area contributed by atoms with Crippen LogP contribution in [0, 0.1) is 0 Å². The van der Waals surface area contributed by atoms with Gasteiger partial charge >= 0.3 is 0 Å². The highest BCUT2D eigenvalue weighted by atomic mass is 35.5. The average Bonchev–Trinajstić information content (AvgIpc) is 2.83. The summed E-state index contributed by atoms with van der Waals surface area (Å²) >= 11 is 23.8. The lowest BCUT2D eigenvalue weighted by molar-refractivity contribution is 0.0518. The first-order chi connectivity index (χ1) is 11.3.